The number of piperidine rings is 1. The Kier molecular flexibility index (Phi) is 9.72. The van der Waals surface area contributed by atoms with Gasteiger partial charge in [-0.3, -0.25) is 9.59 Å². The Morgan fingerprint density at radius 3 is 2.67 bits per heavy atom. The van der Waals surface area contributed by atoms with Crippen LogP contribution in [0.4, 0.5) is 5.69 Å². The van der Waals surface area contributed by atoms with E-state index >= 15 is 0 Å². The van der Waals surface area contributed by atoms with E-state index in [0.717, 1.165) is 51.6 Å². The fraction of sp³-hybridized carbons (Fsp3) is 0.500. The highest BCUT2D eigenvalue weighted by molar-refractivity contribution is 6.04. The smallest absolute Gasteiger partial charge is 0.251 e. The Bertz CT molecular complexity index is 1210. The van der Waals surface area contributed by atoms with Gasteiger partial charge in [-0.25, -0.2) is 4.99 Å². The predicted molar refractivity (Wildman–Crippen MR) is 157 cm³/mol. The minimum absolute atomic E-state index is 0.0820. The number of terminal acetylenes is 1. The lowest BCUT2D eigenvalue weighted by molar-refractivity contribution is -0.131. The maximum absolute atomic E-state index is 13.2. The molecule has 4 rings (SSSR count). The van der Waals surface area contributed by atoms with Crippen LogP contribution in [-0.2, 0) is 4.79 Å². The van der Waals surface area contributed by atoms with Crippen molar-refractivity contribution >= 4 is 23.3 Å². The van der Waals surface area contributed by atoms with Crippen LogP contribution in [0.15, 0.2) is 47.5 Å². The van der Waals surface area contributed by atoms with E-state index in [0.29, 0.717) is 47.3 Å². The zero-order chi connectivity index (χ0) is 28.6. The van der Waals surface area contributed by atoms with Crippen LogP contribution in [0.3, 0.4) is 0 Å². The fourth-order valence-electron chi connectivity index (χ4n) is 5.71. The van der Waals surface area contributed by atoms with Gasteiger partial charge in [0.15, 0.2) is 5.84 Å². The maximum Gasteiger partial charge on any atom is 0.251 e. The monoisotopic (exact) mass is 547 g/mol. The normalized spacial score (nSPS) is 22.7. The molecule has 10 nitrogen and oxygen atoms in total. The second-order valence-electron chi connectivity index (χ2n) is 10.6. The molecule has 1 saturated carbocycles. The standard InChI is InChI=1S/C30H41N7O3/c1-5-8-22-19-37(24-9-6-7-10-24)28(26(18-31)36(3)30(22)39)34-20(2)33-25-12-11-21(17-27(25)40-4)29(38)35-23-13-15-32-16-14-23/h1,11-12,17-18,22-24,32-33H,2,6-10,13-16,19,31H2,3-4H3,(H,35,38)/b26-18+,34-28+. The first kappa shape index (κ1) is 29.0. The Labute approximate surface area is 237 Å². The molecule has 2 heterocycles. The third-order valence-corrected chi connectivity index (χ3v) is 7.90. The summed E-state index contributed by atoms with van der Waals surface area (Å²) in [6.07, 6.45) is 13.4. The number of carbonyl (C=O) groups excluding carboxylic acids is 2. The van der Waals surface area contributed by atoms with Crippen LogP contribution in [0.25, 0.3) is 0 Å². The number of nitrogens with one attached hydrogen (secondary N) is 3. The highest BCUT2D eigenvalue weighted by atomic mass is 16.5. The summed E-state index contributed by atoms with van der Waals surface area (Å²) in [5.74, 6) is 3.50. The van der Waals surface area contributed by atoms with Crippen molar-refractivity contribution in [1.29, 1.82) is 0 Å². The Hall–Kier alpha value is -3.97. The zero-order valence-electron chi connectivity index (χ0n) is 23.5. The predicted octanol–water partition coefficient (Wildman–Crippen LogP) is 2.61. The number of ether oxygens (including phenoxy) is 1. The topological polar surface area (TPSA) is 124 Å². The van der Waals surface area contributed by atoms with Gasteiger partial charge in [-0.2, -0.15) is 0 Å². The first-order valence-corrected chi connectivity index (χ1v) is 14.0. The second-order valence-corrected chi connectivity index (χ2v) is 10.6. The molecular weight excluding hydrogens is 506 g/mol. The minimum Gasteiger partial charge on any atom is -0.495 e. The van der Waals surface area contributed by atoms with Crippen LogP contribution in [-0.4, -0.2) is 73.3 Å². The maximum atomic E-state index is 13.2. The van der Waals surface area contributed by atoms with Crippen LogP contribution >= 0.6 is 0 Å². The molecule has 3 fully saturated rings. The molecule has 2 amide bonds. The molecule has 2 saturated heterocycles. The largest absolute Gasteiger partial charge is 0.495 e. The molecule has 1 aromatic rings. The summed E-state index contributed by atoms with van der Waals surface area (Å²) >= 11 is 0. The average Bonchev–Trinajstić information content (AvgIpc) is 3.47. The molecule has 0 aromatic heterocycles. The quantitative estimate of drug-likeness (QED) is 0.369. The number of anilines is 1. The van der Waals surface area contributed by atoms with Gasteiger partial charge in [-0.15, -0.1) is 12.3 Å². The number of methoxy groups -OCH3 is 1. The molecule has 1 aliphatic carbocycles. The zero-order valence-corrected chi connectivity index (χ0v) is 23.5. The number of benzene rings is 1. The number of nitrogens with two attached hydrogens (primary N) is 1. The van der Waals surface area contributed by atoms with Crippen molar-refractivity contribution in [3.8, 4) is 18.1 Å². The number of hydrogen-bond donors (Lipinski definition) is 4. The van der Waals surface area contributed by atoms with E-state index in [2.05, 4.69) is 33.3 Å². The third kappa shape index (κ3) is 6.59. The van der Waals surface area contributed by atoms with Gasteiger partial charge < -0.3 is 36.2 Å². The molecule has 1 atom stereocenters. The van der Waals surface area contributed by atoms with Crippen molar-refractivity contribution in [1.82, 2.24) is 20.4 Å². The molecule has 214 valence electrons. The molecule has 2 aliphatic heterocycles. The summed E-state index contributed by atoms with van der Waals surface area (Å²) < 4.78 is 5.60. The van der Waals surface area contributed by atoms with Crippen LogP contribution in [0.5, 0.6) is 5.75 Å². The molecule has 3 aliphatic rings. The lowest BCUT2D eigenvalue weighted by Gasteiger charge is -2.32. The molecular formula is C30H41N7O3. The number of likely N-dealkylation sites (N-methyl/N-ethyl adjacent to an activating group) is 1. The van der Waals surface area contributed by atoms with Crippen LogP contribution < -0.4 is 26.4 Å². The van der Waals surface area contributed by atoms with E-state index in [1.807, 2.05) is 0 Å². The third-order valence-electron chi connectivity index (χ3n) is 7.90. The van der Waals surface area contributed by atoms with E-state index < -0.39 is 0 Å². The van der Waals surface area contributed by atoms with Crippen LogP contribution in [0.2, 0.25) is 0 Å². The number of amides is 2. The van der Waals surface area contributed by atoms with Crippen molar-refractivity contribution < 1.29 is 14.3 Å². The fourth-order valence-corrected chi connectivity index (χ4v) is 5.71. The van der Waals surface area contributed by atoms with Crippen molar-refractivity contribution in [2.75, 3.05) is 39.1 Å². The first-order valence-electron chi connectivity index (χ1n) is 14.0. The van der Waals surface area contributed by atoms with Gasteiger partial charge in [0.25, 0.3) is 5.91 Å². The van der Waals surface area contributed by atoms with Crippen molar-refractivity contribution in [3.63, 3.8) is 0 Å². The molecule has 40 heavy (non-hydrogen) atoms. The van der Waals surface area contributed by atoms with Crippen molar-refractivity contribution in [2.24, 2.45) is 16.6 Å². The van der Waals surface area contributed by atoms with Crippen LogP contribution in [0.1, 0.15) is 55.3 Å². The van der Waals surface area contributed by atoms with E-state index in [-0.39, 0.29) is 29.8 Å². The summed E-state index contributed by atoms with van der Waals surface area (Å²) in [4.78, 5) is 34.7. The van der Waals surface area contributed by atoms with Gasteiger partial charge in [0, 0.05) is 43.9 Å². The van der Waals surface area contributed by atoms with E-state index in [1.165, 1.54) is 6.20 Å². The molecule has 1 unspecified atom stereocenters. The van der Waals surface area contributed by atoms with Gasteiger partial charge in [0.1, 0.15) is 17.3 Å². The lowest BCUT2D eigenvalue weighted by Crippen LogP contribution is -2.42. The SMILES string of the molecule is C#CCC1CN(C2CCCC2)C(=N/C(=C)Nc2ccc(C(=O)NC3CCNCC3)cc2OC)/C(=C\N)N(C)C1=O. The van der Waals surface area contributed by atoms with E-state index in [9.17, 15) is 9.59 Å². The van der Waals surface area contributed by atoms with Gasteiger partial charge >= 0.3 is 0 Å². The second kappa shape index (κ2) is 13.4. The Morgan fingerprint density at radius 2 is 2.02 bits per heavy atom. The van der Waals surface area contributed by atoms with Crippen LogP contribution in [0, 0.1) is 18.3 Å². The summed E-state index contributed by atoms with van der Waals surface area (Å²) in [5, 5.41) is 9.63. The summed E-state index contributed by atoms with van der Waals surface area (Å²) in [7, 11) is 3.25. The molecule has 1 aromatic carbocycles. The number of amidine groups is 1. The first-order chi connectivity index (χ1) is 19.4. The van der Waals surface area contributed by atoms with Crippen molar-refractivity contribution in [2.45, 2.75) is 57.0 Å². The van der Waals surface area contributed by atoms with Gasteiger partial charge in [0.05, 0.1) is 18.7 Å². The molecule has 0 radical (unpaired) electrons. The summed E-state index contributed by atoms with van der Waals surface area (Å²) in [6.45, 7) is 6.40. The number of nitrogens with zero attached hydrogens (tertiary/aromatic N) is 3. The Morgan fingerprint density at radius 1 is 1.30 bits per heavy atom. The number of hydrogen-bond acceptors (Lipinski definition) is 7. The van der Waals surface area contributed by atoms with E-state index in [1.54, 1.807) is 37.3 Å². The summed E-state index contributed by atoms with van der Waals surface area (Å²) in [6, 6.07) is 5.62. The number of aliphatic imine (C=N–C) groups is 1. The highest BCUT2D eigenvalue weighted by Gasteiger charge is 2.38. The van der Waals surface area contributed by atoms with Crippen molar-refractivity contribution in [3.05, 3.63) is 48.1 Å². The molecule has 5 N–H and O–H groups in total. The number of rotatable bonds is 8. The highest BCUT2D eigenvalue weighted by Crippen LogP contribution is 2.31. The summed E-state index contributed by atoms with van der Waals surface area (Å²) in [5.41, 5.74) is 7.71. The average molecular weight is 548 g/mol. The molecule has 10 heteroatoms. The molecule has 0 spiro atoms. The van der Waals surface area contributed by atoms with E-state index in [4.69, 9.17) is 21.9 Å². The van der Waals surface area contributed by atoms with Gasteiger partial charge in [-0.05, 0) is 57.0 Å². The Balaban J connectivity index is 1.58. The molecule has 0 bridgehead atoms. The lowest BCUT2D eigenvalue weighted by atomic mass is 10.0. The minimum atomic E-state index is -0.358. The number of carbonyl (C=O) groups is 2. The van der Waals surface area contributed by atoms with Gasteiger partial charge in [-0.1, -0.05) is 19.4 Å². The van der Waals surface area contributed by atoms with Gasteiger partial charge in [0.2, 0.25) is 5.91 Å².